The predicted molar refractivity (Wildman–Crippen MR) is 106 cm³/mol. The highest BCUT2D eigenvalue weighted by atomic mass is 19.4. The van der Waals surface area contributed by atoms with Crippen molar-refractivity contribution in [3.63, 3.8) is 0 Å². The number of hydrogen-bond acceptors (Lipinski definition) is 4. The SMILES string of the molecule is Cc1cc(-c2nc(-c3ccc(OC(F)(F)F)c(CF)c3)n3c2CCO[C@H](C)C3)ccn1. The molecule has 0 saturated heterocycles. The van der Waals surface area contributed by atoms with Gasteiger partial charge in [-0.3, -0.25) is 4.98 Å². The summed E-state index contributed by atoms with van der Waals surface area (Å²) in [7, 11) is 0. The summed E-state index contributed by atoms with van der Waals surface area (Å²) in [4.78, 5) is 9.05. The van der Waals surface area contributed by atoms with Crippen molar-refractivity contribution in [2.45, 2.75) is 46.0 Å². The van der Waals surface area contributed by atoms with Crippen molar-refractivity contribution >= 4 is 0 Å². The van der Waals surface area contributed by atoms with E-state index in [0.717, 1.165) is 28.7 Å². The van der Waals surface area contributed by atoms with Crippen LogP contribution >= 0.6 is 0 Å². The summed E-state index contributed by atoms with van der Waals surface area (Å²) >= 11 is 0. The van der Waals surface area contributed by atoms with Gasteiger partial charge < -0.3 is 14.0 Å². The van der Waals surface area contributed by atoms with E-state index in [4.69, 9.17) is 9.72 Å². The topological polar surface area (TPSA) is 49.2 Å². The maximum atomic E-state index is 13.5. The Morgan fingerprint density at radius 3 is 2.71 bits per heavy atom. The van der Waals surface area contributed by atoms with Gasteiger partial charge in [0.05, 0.1) is 24.9 Å². The minimum absolute atomic E-state index is 0.0743. The number of pyridine rings is 1. The number of imidazole rings is 1. The summed E-state index contributed by atoms with van der Waals surface area (Å²) in [5.41, 5.74) is 3.77. The number of halogens is 4. The first-order valence-corrected chi connectivity index (χ1v) is 9.84. The standard InChI is InChI=1S/C22H21F4N3O2/c1-13-9-15(5-7-27-13)20-18-6-8-30-14(2)12-29(18)21(28-20)16-3-4-19(17(10-16)11-23)31-22(24,25)26/h3-5,7,9-10,14H,6,8,11-12H2,1-2H3/t14-/m1/s1. The summed E-state index contributed by atoms with van der Waals surface area (Å²) in [6, 6.07) is 7.74. The van der Waals surface area contributed by atoms with Crippen molar-refractivity contribution < 1.29 is 27.0 Å². The first kappa shape index (κ1) is 21.3. The number of ether oxygens (including phenoxy) is 2. The van der Waals surface area contributed by atoms with Crippen LogP contribution in [0.1, 0.15) is 23.9 Å². The summed E-state index contributed by atoms with van der Waals surface area (Å²) < 4.78 is 63.2. The van der Waals surface area contributed by atoms with Gasteiger partial charge in [0, 0.05) is 40.7 Å². The van der Waals surface area contributed by atoms with Crippen LogP contribution in [0.5, 0.6) is 5.75 Å². The fraction of sp³-hybridized carbons (Fsp3) is 0.364. The van der Waals surface area contributed by atoms with Crippen LogP contribution in [0.2, 0.25) is 0 Å². The van der Waals surface area contributed by atoms with Crippen molar-refractivity contribution in [1.82, 2.24) is 14.5 Å². The van der Waals surface area contributed by atoms with Gasteiger partial charge in [-0.2, -0.15) is 0 Å². The van der Waals surface area contributed by atoms with E-state index in [1.807, 2.05) is 30.5 Å². The predicted octanol–water partition coefficient (Wildman–Crippen LogP) is 5.25. The van der Waals surface area contributed by atoms with E-state index in [1.54, 1.807) is 6.20 Å². The number of aromatic nitrogens is 3. The Hall–Kier alpha value is -2.94. The molecular formula is C22H21F4N3O2. The van der Waals surface area contributed by atoms with Crippen molar-refractivity contribution in [2.24, 2.45) is 0 Å². The maximum absolute atomic E-state index is 13.5. The molecule has 164 valence electrons. The molecule has 1 aromatic carbocycles. The van der Waals surface area contributed by atoms with Crippen molar-refractivity contribution in [1.29, 1.82) is 0 Å². The average Bonchev–Trinajstić information content (AvgIpc) is 2.94. The van der Waals surface area contributed by atoms with Gasteiger partial charge >= 0.3 is 6.36 Å². The fourth-order valence-corrected chi connectivity index (χ4v) is 3.79. The normalized spacial score (nSPS) is 16.6. The van der Waals surface area contributed by atoms with Gasteiger partial charge in [-0.1, -0.05) is 0 Å². The Balaban J connectivity index is 1.85. The van der Waals surface area contributed by atoms with Gasteiger partial charge in [0.1, 0.15) is 18.2 Å². The molecule has 1 atom stereocenters. The van der Waals surface area contributed by atoms with E-state index in [2.05, 4.69) is 9.72 Å². The van der Waals surface area contributed by atoms with E-state index in [-0.39, 0.29) is 11.7 Å². The first-order valence-electron chi connectivity index (χ1n) is 9.84. The smallest absolute Gasteiger partial charge is 0.405 e. The highest BCUT2D eigenvalue weighted by Gasteiger charge is 2.32. The van der Waals surface area contributed by atoms with E-state index in [0.29, 0.717) is 31.0 Å². The van der Waals surface area contributed by atoms with Crippen LogP contribution in [0.15, 0.2) is 36.5 Å². The highest BCUT2D eigenvalue weighted by molar-refractivity contribution is 5.69. The lowest BCUT2D eigenvalue weighted by Crippen LogP contribution is -2.18. The monoisotopic (exact) mass is 435 g/mol. The van der Waals surface area contributed by atoms with E-state index in [1.165, 1.54) is 12.1 Å². The zero-order valence-corrected chi connectivity index (χ0v) is 17.0. The number of fused-ring (bicyclic) bond motifs is 1. The number of hydrogen-bond donors (Lipinski definition) is 0. The molecule has 9 heteroatoms. The second kappa shape index (κ2) is 8.30. The van der Waals surface area contributed by atoms with Gasteiger partial charge in [0.2, 0.25) is 0 Å². The van der Waals surface area contributed by atoms with Crippen molar-refractivity contribution in [2.75, 3.05) is 6.61 Å². The van der Waals surface area contributed by atoms with Crippen molar-refractivity contribution in [3.05, 3.63) is 53.5 Å². The van der Waals surface area contributed by atoms with Crippen molar-refractivity contribution in [3.8, 4) is 28.4 Å². The summed E-state index contributed by atoms with van der Waals surface area (Å²) in [6.07, 6.45) is -2.64. The molecule has 0 amide bonds. The van der Waals surface area contributed by atoms with Gasteiger partial charge in [-0.05, 0) is 44.2 Å². The van der Waals surface area contributed by atoms with Gasteiger partial charge in [-0.15, -0.1) is 13.2 Å². The lowest BCUT2D eigenvalue weighted by Gasteiger charge is -2.15. The highest BCUT2D eigenvalue weighted by Crippen LogP contribution is 2.35. The third-order valence-corrected chi connectivity index (χ3v) is 5.11. The second-order valence-corrected chi connectivity index (χ2v) is 7.46. The molecule has 2 aromatic heterocycles. The molecule has 0 saturated carbocycles. The Morgan fingerprint density at radius 1 is 1.19 bits per heavy atom. The first-order chi connectivity index (χ1) is 14.7. The molecule has 0 fully saturated rings. The third kappa shape index (κ3) is 4.56. The average molecular weight is 435 g/mol. The van der Waals surface area contributed by atoms with Crippen LogP contribution in [0, 0.1) is 6.92 Å². The van der Waals surface area contributed by atoms with Gasteiger partial charge in [0.15, 0.2) is 0 Å². The van der Waals surface area contributed by atoms with Crippen LogP contribution in [0.25, 0.3) is 22.6 Å². The molecule has 0 N–H and O–H groups in total. The van der Waals surface area contributed by atoms with Gasteiger partial charge in [0.25, 0.3) is 0 Å². The zero-order valence-electron chi connectivity index (χ0n) is 17.0. The Morgan fingerprint density at radius 2 is 2.00 bits per heavy atom. The minimum atomic E-state index is -4.89. The number of nitrogens with zero attached hydrogens (tertiary/aromatic N) is 3. The number of alkyl halides is 4. The van der Waals surface area contributed by atoms with Gasteiger partial charge in [-0.25, -0.2) is 9.37 Å². The second-order valence-electron chi connectivity index (χ2n) is 7.46. The molecule has 0 bridgehead atoms. The molecule has 1 aliphatic rings. The molecule has 31 heavy (non-hydrogen) atoms. The Bertz CT molecular complexity index is 1090. The Kier molecular flexibility index (Phi) is 5.70. The molecule has 5 nitrogen and oxygen atoms in total. The van der Waals surface area contributed by atoms with Crippen LogP contribution in [-0.4, -0.2) is 33.6 Å². The van der Waals surface area contributed by atoms with Crippen LogP contribution in [0.4, 0.5) is 17.6 Å². The quantitative estimate of drug-likeness (QED) is 0.526. The van der Waals surface area contributed by atoms with Crippen LogP contribution in [0.3, 0.4) is 0 Å². The third-order valence-electron chi connectivity index (χ3n) is 5.11. The molecule has 4 rings (SSSR count). The molecular weight excluding hydrogens is 414 g/mol. The minimum Gasteiger partial charge on any atom is -0.405 e. The fourth-order valence-electron chi connectivity index (χ4n) is 3.79. The maximum Gasteiger partial charge on any atom is 0.573 e. The molecule has 3 aromatic rings. The Labute approximate surface area is 176 Å². The van der Waals surface area contributed by atoms with Crippen LogP contribution < -0.4 is 4.74 Å². The molecule has 0 unspecified atom stereocenters. The van der Waals surface area contributed by atoms with E-state index < -0.39 is 18.8 Å². The molecule has 0 radical (unpaired) electrons. The number of rotatable bonds is 4. The lowest BCUT2D eigenvalue weighted by atomic mass is 10.1. The molecule has 0 aliphatic carbocycles. The molecule has 1 aliphatic heterocycles. The lowest BCUT2D eigenvalue weighted by molar-refractivity contribution is -0.275. The number of aryl methyl sites for hydroxylation is 1. The van der Waals surface area contributed by atoms with Crippen LogP contribution in [-0.2, 0) is 24.4 Å². The summed E-state index contributed by atoms with van der Waals surface area (Å²) in [5.74, 6) is -0.00634. The van der Waals surface area contributed by atoms with E-state index in [9.17, 15) is 17.6 Å². The molecule has 3 heterocycles. The van der Waals surface area contributed by atoms with E-state index >= 15 is 0 Å². The summed E-state index contributed by atoms with van der Waals surface area (Å²) in [6.45, 7) is 3.79. The molecule has 0 spiro atoms. The zero-order chi connectivity index (χ0) is 22.2. The summed E-state index contributed by atoms with van der Waals surface area (Å²) in [5, 5.41) is 0. The number of benzene rings is 1. The largest absolute Gasteiger partial charge is 0.573 e.